The van der Waals surface area contributed by atoms with E-state index in [0.717, 1.165) is 43.5 Å². The van der Waals surface area contributed by atoms with Gasteiger partial charge in [0.1, 0.15) is 0 Å². The number of nitrogens with zero attached hydrogens (tertiary/aromatic N) is 1. The fourth-order valence-corrected chi connectivity index (χ4v) is 2.68. The maximum atomic E-state index is 5.41. The number of aliphatic imine (C=N–C) groups is 1. The van der Waals surface area contributed by atoms with Gasteiger partial charge in [0.2, 0.25) is 0 Å². The number of hydrogen-bond donors (Lipinski definition) is 1. The van der Waals surface area contributed by atoms with E-state index in [1.54, 1.807) is 0 Å². The van der Waals surface area contributed by atoms with Crippen LogP contribution in [0.4, 0.5) is 0 Å². The zero-order valence-electron chi connectivity index (χ0n) is 10.7. The Morgan fingerprint density at radius 1 is 1.50 bits per heavy atom. The number of hydrogen-bond acceptors (Lipinski definition) is 3. The van der Waals surface area contributed by atoms with E-state index >= 15 is 0 Å². The summed E-state index contributed by atoms with van der Waals surface area (Å²) < 4.78 is 5.41. The molecule has 0 unspecified atom stereocenters. The quantitative estimate of drug-likeness (QED) is 0.699. The van der Waals surface area contributed by atoms with Crippen LogP contribution in [0, 0.1) is 5.92 Å². The third kappa shape index (κ3) is 5.21. The summed E-state index contributed by atoms with van der Waals surface area (Å²) in [6.45, 7) is 9.22. The normalized spacial score (nSPS) is 23.0. The number of thioether (sulfide) groups is 1. The van der Waals surface area contributed by atoms with E-state index in [1.807, 2.05) is 11.8 Å². The summed E-state index contributed by atoms with van der Waals surface area (Å²) in [5.74, 6) is 1.84. The first-order valence-electron chi connectivity index (χ1n) is 6.25. The number of nitrogens with one attached hydrogen (secondary N) is 1. The fraction of sp³-hybridized carbons (Fsp3) is 0.917. The Morgan fingerprint density at radius 3 is 2.94 bits per heavy atom. The molecule has 3 nitrogen and oxygen atoms in total. The minimum Gasteiger partial charge on any atom is -0.381 e. The van der Waals surface area contributed by atoms with Crippen LogP contribution in [0.15, 0.2) is 4.99 Å². The Balaban J connectivity index is 2.07. The Kier molecular flexibility index (Phi) is 6.88. The molecule has 0 amide bonds. The molecule has 1 N–H and O–H groups in total. The van der Waals surface area contributed by atoms with Gasteiger partial charge in [0.05, 0.1) is 0 Å². The topological polar surface area (TPSA) is 33.6 Å². The molecule has 0 aromatic heterocycles. The number of rotatable bonds is 7. The van der Waals surface area contributed by atoms with E-state index in [1.165, 1.54) is 0 Å². The first-order chi connectivity index (χ1) is 7.74. The van der Waals surface area contributed by atoms with Crippen LogP contribution in [0.25, 0.3) is 0 Å². The van der Waals surface area contributed by atoms with E-state index in [0.29, 0.717) is 12.0 Å². The van der Waals surface area contributed by atoms with Gasteiger partial charge < -0.3 is 10.1 Å². The molecule has 1 fully saturated rings. The van der Waals surface area contributed by atoms with E-state index in [2.05, 4.69) is 31.1 Å². The average Bonchev–Trinajstić information content (AvgIpc) is 2.72. The molecule has 0 bridgehead atoms. The van der Waals surface area contributed by atoms with Crippen molar-refractivity contribution in [2.24, 2.45) is 10.9 Å². The van der Waals surface area contributed by atoms with Crippen molar-refractivity contribution < 1.29 is 4.74 Å². The smallest absolute Gasteiger partial charge is 0.156 e. The van der Waals surface area contributed by atoms with E-state index in [9.17, 15) is 0 Å². The van der Waals surface area contributed by atoms with Gasteiger partial charge in [-0.25, -0.2) is 0 Å². The fourth-order valence-electron chi connectivity index (χ4n) is 1.45. The molecule has 4 heteroatoms. The van der Waals surface area contributed by atoms with Crippen molar-refractivity contribution in [3.8, 4) is 0 Å². The van der Waals surface area contributed by atoms with E-state index < -0.39 is 0 Å². The molecule has 16 heavy (non-hydrogen) atoms. The molecule has 0 aromatic rings. The largest absolute Gasteiger partial charge is 0.381 e. The van der Waals surface area contributed by atoms with E-state index in [4.69, 9.17) is 4.74 Å². The van der Waals surface area contributed by atoms with Crippen LogP contribution in [-0.4, -0.2) is 36.7 Å². The lowest BCUT2D eigenvalue weighted by Gasteiger charge is -2.13. The molecule has 0 aromatic carbocycles. The maximum absolute atomic E-state index is 5.41. The summed E-state index contributed by atoms with van der Waals surface area (Å²) in [5, 5.41) is 4.58. The third-order valence-corrected chi connectivity index (χ3v) is 3.61. The lowest BCUT2D eigenvalue weighted by molar-refractivity contribution is 0.134. The van der Waals surface area contributed by atoms with Crippen LogP contribution >= 0.6 is 11.8 Å². The maximum Gasteiger partial charge on any atom is 0.156 e. The van der Waals surface area contributed by atoms with Gasteiger partial charge in [0.25, 0.3) is 0 Å². The zero-order valence-corrected chi connectivity index (χ0v) is 11.5. The Morgan fingerprint density at radius 2 is 2.31 bits per heavy atom. The number of amidine groups is 1. The Hall–Kier alpha value is -0.220. The summed E-state index contributed by atoms with van der Waals surface area (Å²) in [6.07, 6.45) is 2.13. The predicted octanol–water partition coefficient (Wildman–Crippen LogP) is 2.52. The van der Waals surface area contributed by atoms with Crippen molar-refractivity contribution >= 4 is 16.9 Å². The highest BCUT2D eigenvalue weighted by atomic mass is 32.2. The van der Waals surface area contributed by atoms with Crippen molar-refractivity contribution in [1.29, 1.82) is 0 Å². The molecule has 1 atom stereocenters. The second-order valence-corrected chi connectivity index (χ2v) is 5.47. The van der Waals surface area contributed by atoms with Gasteiger partial charge >= 0.3 is 0 Å². The summed E-state index contributed by atoms with van der Waals surface area (Å²) >= 11 is 1.85. The molecule has 0 aliphatic carbocycles. The molecule has 0 saturated carbocycles. The predicted molar refractivity (Wildman–Crippen MR) is 72.2 cm³/mol. The highest BCUT2D eigenvalue weighted by Crippen LogP contribution is 2.18. The molecule has 1 heterocycles. The summed E-state index contributed by atoms with van der Waals surface area (Å²) in [4.78, 5) is 4.54. The molecule has 94 valence electrons. The molecular weight excluding hydrogens is 220 g/mol. The van der Waals surface area contributed by atoms with Gasteiger partial charge in [-0.15, -0.1) is 0 Å². The summed E-state index contributed by atoms with van der Waals surface area (Å²) in [5.41, 5.74) is 0. The Bertz CT molecular complexity index is 219. The van der Waals surface area contributed by atoms with Crippen LogP contribution < -0.4 is 5.32 Å². The van der Waals surface area contributed by atoms with Gasteiger partial charge in [0, 0.05) is 31.6 Å². The standard InChI is InChI=1S/C12H24N2OS/c1-4-7-15-8-5-6-13-12-14-11(9-16-12)10(2)3/h10-11H,4-9H2,1-3H3,(H,13,14)/t11-/m1/s1. The van der Waals surface area contributed by atoms with Gasteiger partial charge in [-0.2, -0.15) is 0 Å². The molecule has 1 saturated heterocycles. The van der Waals surface area contributed by atoms with Crippen LogP contribution in [-0.2, 0) is 4.74 Å². The molecule has 1 rings (SSSR count). The molecular formula is C12H24N2OS. The van der Waals surface area contributed by atoms with Crippen molar-refractivity contribution in [2.45, 2.75) is 39.7 Å². The minimum atomic E-state index is 0.597. The molecule has 1 aliphatic heterocycles. The summed E-state index contributed by atoms with van der Waals surface area (Å²) in [6, 6.07) is 0.597. The van der Waals surface area contributed by atoms with Crippen LogP contribution in [0.2, 0.25) is 0 Å². The first-order valence-corrected chi connectivity index (χ1v) is 7.24. The first kappa shape index (κ1) is 13.8. The van der Waals surface area contributed by atoms with Gasteiger partial charge in [0.15, 0.2) is 5.17 Å². The second kappa shape index (κ2) is 7.96. The van der Waals surface area contributed by atoms with Crippen LogP contribution in [0.1, 0.15) is 33.6 Å². The monoisotopic (exact) mass is 244 g/mol. The van der Waals surface area contributed by atoms with Crippen LogP contribution in [0.5, 0.6) is 0 Å². The average molecular weight is 244 g/mol. The van der Waals surface area contributed by atoms with Gasteiger partial charge in [-0.05, 0) is 18.8 Å². The third-order valence-electron chi connectivity index (χ3n) is 2.56. The van der Waals surface area contributed by atoms with Crippen molar-refractivity contribution in [1.82, 2.24) is 5.32 Å². The Labute approximate surface area is 103 Å². The molecule has 1 aliphatic rings. The van der Waals surface area contributed by atoms with Gasteiger partial charge in [-0.3, -0.25) is 4.99 Å². The highest BCUT2D eigenvalue weighted by Gasteiger charge is 2.22. The second-order valence-electron chi connectivity index (χ2n) is 4.46. The summed E-state index contributed by atoms with van der Waals surface area (Å²) in [7, 11) is 0. The highest BCUT2D eigenvalue weighted by molar-refractivity contribution is 8.14. The zero-order chi connectivity index (χ0) is 11.8. The van der Waals surface area contributed by atoms with Gasteiger partial charge in [-0.1, -0.05) is 32.5 Å². The van der Waals surface area contributed by atoms with Crippen molar-refractivity contribution in [3.63, 3.8) is 0 Å². The SMILES string of the molecule is CCCOCCCN=C1N[C@@H](C(C)C)CS1. The molecule has 0 spiro atoms. The number of ether oxygens (including phenoxy) is 1. The van der Waals surface area contributed by atoms with Crippen molar-refractivity contribution in [2.75, 3.05) is 25.5 Å². The lowest BCUT2D eigenvalue weighted by Crippen LogP contribution is -2.31. The van der Waals surface area contributed by atoms with Crippen LogP contribution in [0.3, 0.4) is 0 Å². The van der Waals surface area contributed by atoms with E-state index in [-0.39, 0.29) is 0 Å². The van der Waals surface area contributed by atoms with Crippen molar-refractivity contribution in [3.05, 3.63) is 0 Å². The minimum absolute atomic E-state index is 0.597. The lowest BCUT2D eigenvalue weighted by atomic mass is 10.1. The molecule has 0 radical (unpaired) electrons.